The lowest BCUT2D eigenvalue weighted by molar-refractivity contribution is 0.309. The molecule has 20 heavy (non-hydrogen) atoms. The average molecular weight is 271 g/mol. The molecule has 1 nitrogen and oxygen atoms in total. The van der Waals surface area contributed by atoms with Crippen molar-refractivity contribution in [1.29, 1.82) is 0 Å². The zero-order chi connectivity index (χ0) is 14.3. The first-order valence-electron chi connectivity index (χ1n) is 8.35. The van der Waals surface area contributed by atoms with E-state index < -0.39 is 0 Å². The van der Waals surface area contributed by atoms with Crippen LogP contribution in [0.15, 0.2) is 12.1 Å². The molecule has 0 saturated heterocycles. The van der Waals surface area contributed by atoms with E-state index in [0.29, 0.717) is 6.04 Å². The Morgan fingerprint density at radius 3 is 2.45 bits per heavy atom. The third-order valence-electron chi connectivity index (χ3n) is 5.92. The van der Waals surface area contributed by atoms with Crippen LogP contribution >= 0.6 is 0 Å². The Morgan fingerprint density at radius 2 is 1.80 bits per heavy atom. The Hall–Kier alpha value is -0.820. The zero-order valence-electron chi connectivity index (χ0n) is 13.5. The van der Waals surface area contributed by atoms with Crippen molar-refractivity contribution in [3.05, 3.63) is 34.4 Å². The van der Waals surface area contributed by atoms with Gasteiger partial charge >= 0.3 is 0 Å². The van der Waals surface area contributed by atoms with Crippen molar-refractivity contribution in [2.45, 2.75) is 59.4 Å². The number of benzene rings is 1. The molecule has 2 saturated carbocycles. The van der Waals surface area contributed by atoms with Crippen LogP contribution in [0, 0.1) is 38.5 Å². The van der Waals surface area contributed by atoms with Crippen molar-refractivity contribution < 1.29 is 0 Å². The highest BCUT2D eigenvalue weighted by Gasteiger charge is 2.39. The lowest BCUT2D eigenvalue weighted by atomic mass is 9.88. The van der Waals surface area contributed by atoms with E-state index in [4.69, 9.17) is 0 Å². The summed E-state index contributed by atoms with van der Waals surface area (Å²) in [6.45, 7) is 10.2. The molecule has 3 rings (SSSR count). The normalized spacial score (nSPS) is 29.9. The summed E-state index contributed by atoms with van der Waals surface area (Å²) in [5.74, 6) is 3.04. The molecule has 110 valence electrons. The molecule has 2 aliphatic carbocycles. The van der Waals surface area contributed by atoms with Crippen molar-refractivity contribution in [1.82, 2.24) is 5.32 Å². The van der Waals surface area contributed by atoms with Gasteiger partial charge in [-0.2, -0.15) is 0 Å². The number of hydrogen-bond donors (Lipinski definition) is 1. The Bertz CT molecular complexity index is 491. The van der Waals surface area contributed by atoms with Gasteiger partial charge in [-0.05, 0) is 93.5 Å². The summed E-state index contributed by atoms with van der Waals surface area (Å²) in [7, 11) is 0. The third-order valence-corrected chi connectivity index (χ3v) is 5.92. The highest BCUT2D eigenvalue weighted by molar-refractivity contribution is 5.38. The van der Waals surface area contributed by atoms with Gasteiger partial charge in [-0.25, -0.2) is 0 Å². The first kappa shape index (κ1) is 14.1. The van der Waals surface area contributed by atoms with Gasteiger partial charge in [0.05, 0.1) is 0 Å². The average Bonchev–Trinajstić information content (AvgIpc) is 3.02. The molecule has 1 aromatic rings. The molecule has 1 heteroatoms. The van der Waals surface area contributed by atoms with Crippen LogP contribution in [-0.2, 0) is 0 Å². The van der Waals surface area contributed by atoms with E-state index in [1.807, 2.05) is 0 Å². The van der Waals surface area contributed by atoms with Crippen molar-refractivity contribution >= 4 is 0 Å². The van der Waals surface area contributed by atoms with Gasteiger partial charge in [0.15, 0.2) is 0 Å². The third kappa shape index (κ3) is 2.65. The maximum absolute atomic E-state index is 3.81. The van der Waals surface area contributed by atoms with E-state index in [1.165, 1.54) is 54.5 Å². The molecule has 2 fully saturated rings. The van der Waals surface area contributed by atoms with Crippen LogP contribution in [0.4, 0.5) is 0 Å². The van der Waals surface area contributed by atoms with Crippen LogP contribution in [0.3, 0.4) is 0 Å². The summed E-state index contributed by atoms with van der Waals surface area (Å²) in [6, 6.07) is 5.19. The highest BCUT2D eigenvalue weighted by Crippen LogP contribution is 2.48. The molecule has 1 aromatic carbocycles. The fourth-order valence-electron chi connectivity index (χ4n) is 4.51. The molecule has 0 radical (unpaired) electrons. The Morgan fingerprint density at radius 1 is 1.05 bits per heavy atom. The number of nitrogens with one attached hydrogen (secondary N) is 1. The molecule has 0 heterocycles. The minimum Gasteiger partial charge on any atom is -0.310 e. The lowest BCUT2D eigenvalue weighted by Gasteiger charge is -2.25. The van der Waals surface area contributed by atoms with E-state index in [-0.39, 0.29) is 0 Å². The van der Waals surface area contributed by atoms with Crippen LogP contribution < -0.4 is 5.32 Å². The number of rotatable bonds is 4. The SMILES string of the molecule is Cc1cc(C)c(C(C)NCC2CC3CCC2C3)cc1C. The maximum Gasteiger partial charge on any atom is 0.0294 e. The summed E-state index contributed by atoms with van der Waals surface area (Å²) in [5, 5.41) is 3.81. The van der Waals surface area contributed by atoms with Crippen LogP contribution in [0.5, 0.6) is 0 Å². The van der Waals surface area contributed by atoms with Gasteiger partial charge in [0.25, 0.3) is 0 Å². The van der Waals surface area contributed by atoms with Crippen molar-refractivity contribution in [2.24, 2.45) is 17.8 Å². The summed E-state index contributed by atoms with van der Waals surface area (Å²) in [5.41, 5.74) is 5.74. The quantitative estimate of drug-likeness (QED) is 0.837. The molecule has 0 aromatic heterocycles. The maximum atomic E-state index is 3.81. The van der Waals surface area contributed by atoms with Crippen molar-refractivity contribution in [3.8, 4) is 0 Å². The van der Waals surface area contributed by atoms with Crippen LogP contribution in [-0.4, -0.2) is 6.54 Å². The minimum absolute atomic E-state index is 0.480. The Labute approximate surface area is 124 Å². The van der Waals surface area contributed by atoms with Crippen LogP contribution in [0.1, 0.15) is 60.9 Å². The van der Waals surface area contributed by atoms with Gasteiger partial charge in [0.2, 0.25) is 0 Å². The molecule has 2 aliphatic rings. The monoisotopic (exact) mass is 271 g/mol. The number of hydrogen-bond acceptors (Lipinski definition) is 1. The zero-order valence-corrected chi connectivity index (χ0v) is 13.5. The molecule has 0 aliphatic heterocycles. The van der Waals surface area contributed by atoms with E-state index in [9.17, 15) is 0 Å². The predicted molar refractivity (Wildman–Crippen MR) is 86.0 cm³/mol. The number of aryl methyl sites for hydroxylation is 3. The fraction of sp³-hybridized carbons (Fsp3) is 0.684. The summed E-state index contributed by atoms with van der Waals surface area (Å²) < 4.78 is 0. The lowest BCUT2D eigenvalue weighted by Crippen LogP contribution is -2.29. The molecule has 4 unspecified atom stereocenters. The topological polar surface area (TPSA) is 12.0 Å². The van der Waals surface area contributed by atoms with Gasteiger partial charge in [-0.3, -0.25) is 0 Å². The first-order valence-corrected chi connectivity index (χ1v) is 8.35. The smallest absolute Gasteiger partial charge is 0.0294 e. The number of fused-ring (bicyclic) bond motifs is 2. The highest BCUT2D eigenvalue weighted by atomic mass is 14.9. The molecular weight excluding hydrogens is 242 g/mol. The summed E-state index contributed by atoms with van der Waals surface area (Å²) in [4.78, 5) is 0. The summed E-state index contributed by atoms with van der Waals surface area (Å²) >= 11 is 0. The van der Waals surface area contributed by atoms with Crippen molar-refractivity contribution in [3.63, 3.8) is 0 Å². The van der Waals surface area contributed by atoms with Gasteiger partial charge < -0.3 is 5.32 Å². The van der Waals surface area contributed by atoms with E-state index in [2.05, 4.69) is 45.1 Å². The predicted octanol–water partition coefficient (Wildman–Crippen LogP) is 4.70. The van der Waals surface area contributed by atoms with E-state index >= 15 is 0 Å². The van der Waals surface area contributed by atoms with Gasteiger partial charge in [0, 0.05) is 6.04 Å². The molecule has 2 bridgehead atoms. The fourth-order valence-corrected chi connectivity index (χ4v) is 4.51. The molecule has 4 atom stereocenters. The second-order valence-corrected chi connectivity index (χ2v) is 7.36. The van der Waals surface area contributed by atoms with E-state index in [0.717, 1.165) is 17.8 Å². The largest absolute Gasteiger partial charge is 0.310 e. The molecule has 0 amide bonds. The van der Waals surface area contributed by atoms with Gasteiger partial charge in [-0.15, -0.1) is 0 Å². The first-order chi connectivity index (χ1) is 9.54. The summed E-state index contributed by atoms with van der Waals surface area (Å²) in [6.07, 6.45) is 6.00. The van der Waals surface area contributed by atoms with Crippen LogP contribution in [0.25, 0.3) is 0 Å². The van der Waals surface area contributed by atoms with Crippen molar-refractivity contribution in [2.75, 3.05) is 6.54 Å². The van der Waals surface area contributed by atoms with E-state index in [1.54, 1.807) is 0 Å². The van der Waals surface area contributed by atoms with Gasteiger partial charge in [0.1, 0.15) is 0 Å². The Balaban J connectivity index is 1.62. The second-order valence-electron chi connectivity index (χ2n) is 7.36. The molecule has 1 N–H and O–H groups in total. The molecular formula is C19H29N. The second kappa shape index (κ2) is 5.52. The van der Waals surface area contributed by atoms with Crippen LogP contribution in [0.2, 0.25) is 0 Å². The van der Waals surface area contributed by atoms with Gasteiger partial charge in [-0.1, -0.05) is 18.6 Å². The minimum atomic E-state index is 0.480. The Kier molecular flexibility index (Phi) is 3.90. The standard InChI is InChI=1S/C19H29N/c1-12-7-14(3)19(8-13(12)2)15(4)20-11-18-10-16-5-6-17(18)9-16/h7-8,15-18,20H,5-6,9-11H2,1-4H3. The molecule has 0 spiro atoms.